The molecule has 0 bridgehead atoms. The molecule has 0 aliphatic carbocycles. The summed E-state index contributed by atoms with van der Waals surface area (Å²) in [6.45, 7) is -0.155. The van der Waals surface area contributed by atoms with Gasteiger partial charge in [0.05, 0.1) is 0 Å². The Kier molecular flexibility index (Phi) is 3.38. The fourth-order valence-corrected chi connectivity index (χ4v) is 0.347. The van der Waals surface area contributed by atoms with Gasteiger partial charge >= 0.3 is 6.16 Å². The predicted octanol–water partition coefficient (Wildman–Crippen LogP) is -0.852. The molecule has 0 radical (unpaired) electrons. The molecular formula is C5H7FNO3-. The Morgan fingerprint density at radius 2 is 2.10 bits per heavy atom. The molecule has 0 aromatic carbocycles. The van der Waals surface area contributed by atoms with E-state index in [9.17, 15) is 19.1 Å². The highest BCUT2D eigenvalue weighted by Gasteiger charge is 2.04. The standard InChI is InChI=1S/C5H8FNO3/c1-7(5(6)10)3-2-4(8)9/h2-3H2,1H3,(H,8,9)/p-1. The van der Waals surface area contributed by atoms with Crippen LogP contribution in [-0.4, -0.2) is 30.6 Å². The monoisotopic (exact) mass is 148 g/mol. The topological polar surface area (TPSA) is 60.4 Å². The van der Waals surface area contributed by atoms with Crippen molar-refractivity contribution in [1.29, 1.82) is 0 Å². The zero-order valence-corrected chi connectivity index (χ0v) is 5.46. The number of carbonyl (C=O) groups excluding carboxylic acids is 2. The van der Waals surface area contributed by atoms with Crippen LogP contribution in [0.4, 0.5) is 9.18 Å². The van der Waals surface area contributed by atoms with E-state index in [0.29, 0.717) is 4.90 Å². The van der Waals surface area contributed by atoms with Crippen LogP contribution in [0.25, 0.3) is 0 Å². The van der Waals surface area contributed by atoms with Crippen LogP contribution in [0.3, 0.4) is 0 Å². The van der Waals surface area contributed by atoms with Crippen LogP contribution >= 0.6 is 0 Å². The number of halogens is 1. The molecule has 0 rings (SSSR count). The minimum Gasteiger partial charge on any atom is -0.550 e. The average molecular weight is 148 g/mol. The first-order valence-corrected chi connectivity index (χ1v) is 2.64. The lowest BCUT2D eigenvalue weighted by molar-refractivity contribution is -0.305. The van der Waals surface area contributed by atoms with E-state index in [1.165, 1.54) is 7.05 Å². The smallest absolute Gasteiger partial charge is 0.399 e. The van der Waals surface area contributed by atoms with E-state index in [1.807, 2.05) is 0 Å². The zero-order valence-electron chi connectivity index (χ0n) is 5.46. The Bertz CT molecular complexity index is 148. The molecule has 0 aliphatic rings. The minimum absolute atomic E-state index is 0.155. The van der Waals surface area contributed by atoms with E-state index in [4.69, 9.17) is 0 Å². The van der Waals surface area contributed by atoms with Gasteiger partial charge in [-0.15, -0.1) is 4.39 Å². The van der Waals surface area contributed by atoms with E-state index < -0.39 is 12.1 Å². The maximum absolute atomic E-state index is 11.6. The maximum Gasteiger partial charge on any atom is 0.399 e. The van der Waals surface area contributed by atoms with Crippen molar-refractivity contribution >= 4 is 12.1 Å². The average Bonchev–Trinajstić information content (AvgIpc) is 1.82. The molecule has 0 unspecified atom stereocenters. The number of nitrogens with zero attached hydrogens (tertiary/aromatic N) is 1. The van der Waals surface area contributed by atoms with Gasteiger partial charge in [0.1, 0.15) is 0 Å². The number of carboxylic acid groups (broad SMARTS) is 1. The van der Waals surface area contributed by atoms with Crippen molar-refractivity contribution in [3.05, 3.63) is 0 Å². The molecule has 0 saturated heterocycles. The van der Waals surface area contributed by atoms with Crippen LogP contribution in [0.15, 0.2) is 0 Å². The van der Waals surface area contributed by atoms with Crippen LogP contribution in [-0.2, 0) is 4.79 Å². The lowest BCUT2D eigenvalue weighted by atomic mass is 10.4. The first-order chi connectivity index (χ1) is 4.54. The van der Waals surface area contributed by atoms with Crippen molar-refractivity contribution in [1.82, 2.24) is 4.90 Å². The number of aliphatic carboxylic acids is 1. The summed E-state index contributed by atoms with van der Waals surface area (Å²) in [5, 5.41) is 9.75. The van der Waals surface area contributed by atoms with Crippen LogP contribution in [0.1, 0.15) is 6.42 Å². The van der Waals surface area contributed by atoms with E-state index in [1.54, 1.807) is 0 Å². The molecule has 0 fully saturated rings. The van der Waals surface area contributed by atoms with Crippen molar-refractivity contribution in [2.75, 3.05) is 13.6 Å². The molecule has 0 atom stereocenters. The summed E-state index contributed by atoms with van der Waals surface area (Å²) in [6, 6.07) is 0. The minimum atomic E-state index is -1.64. The molecule has 4 nitrogen and oxygen atoms in total. The number of amides is 1. The van der Waals surface area contributed by atoms with Gasteiger partial charge in [0, 0.05) is 26.0 Å². The normalized spacial score (nSPS) is 9.00. The highest BCUT2D eigenvalue weighted by molar-refractivity contribution is 5.68. The Labute approximate surface area is 57.2 Å². The maximum atomic E-state index is 11.6. The van der Waals surface area contributed by atoms with E-state index >= 15 is 0 Å². The molecule has 0 heterocycles. The Balaban J connectivity index is 3.49. The van der Waals surface area contributed by atoms with Gasteiger partial charge in [0.2, 0.25) is 0 Å². The SMILES string of the molecule is CN(CCC(=O)[O-])C(=O)F. The Morgan fingerprint density at radius 1 is 1.60 bits per heavy atom. The van der Waals surface area contributed by atoms with Crippen LogP contribution in [0.5, 0.6) is 0 Å². The molecule has 58 valence electrons. The summed E-state index contributed by atoms with van der Waals surface area (Å²) in [6.07, 6.45) is -1.98. The summed E-state index contributed by atoms with van der Waals surface area (Å²) in [7, 11) is 1.17. The van der Waals surface area contributed by atoms with Crippen LogP contribution in [0, 0.1) is 0 Å². The summed E-state index contributed by atoms with van der Waals surface area (Å²) in [5.74, 6) is -1.30. The molecule has 0 N–H and O–H groups in total. The van der Waals surface area contributed by atoms with E-state index in [-0.39, 0.29) is 13.0 Å². The summed E-state index contributed by atoms with van der Waals surface area (Å²) in [5.41, 5.74) is 0. The Morgan fingerprint density at radius 3 is 2.40 bits per heavy atom. The molecule has 5 heteroatoms. The van der Waals surface area contributed by atoms with Crippen molar-refractivity contribution < 1.29 is 19.1 Å². The molecule has 1 amide bonds. The first-order valence-electron chi connectivity index (χ1n) is 2.64. The zero-order chi connectivity index (χ0) is 8.15. The second kappa shape index (κ2) is 3.81. The van der Waals surface area contributed by atoms with E-state index in [2.05, 4.69) is 0 Å². The quantitative estimate of drug-likeness (QED) is 0.387. The van der Waals surface area contributed by atoms with Gasteiger partial charge in [-0.25, -0.2) is 4.79 Å². The van der Waals surface area contributed by atoms with E-state index in [0.717, 1.165) is 0 Å². The lowest BCUT2D eigenvalue weighted by Gasteiger charge is -2.11. The van der Waals surface area contributed by atoms with Gasteiger partial charge in [-0.05, 0) is 0 Å². The van der Waals surface area contributed by atoms with Crippen molar-refractivity contribution in [3.8, 4) is 0 Å². The molecule has 10 heavy (non-hydrogen) atoms. The summed E-state index contributed by atoms with van der Waals surface area (Å²) >= 11 is 0. The molecule has 0 aliphatic heterocycles. The number of rotatable bonds is 3. The largest absolute Gasteiger partial charge is 0.550 e. The fraction of sp³-hybridized carbons (Fsp3) is 0.600. The summed E-state index contributed by atoms with van der Waals surface area (Å²) in [4.78, 5) is 20.2. The lowest BCUT2D eigenvalue weighted by Crippen LogP contribution is -2.30. The van der Waals surface area contributed by atoms with Gasteiger partial charge in [-0.2, -0.15) is 0 Å². The third-order valence-corrected chi connectivity index (χ3v) is 0.951. The fourth-order valence-electron chi connectivity index (χ4n) is 0.347. The summed E-state index contributed by atoms with van der Waals surface area (Å²) < 4.78 is 11.6. The van der Waals surface area contributed by atoms with Crippen molar-refractivity contribution in [2.45, 2.75) is 6.42 Å². The Hall–Kier alpha value is -1.13. The second-order valence-corrected chi connectivity index (χ2v) is 1.80. The molecule has 0 saturated carbocycles. The number of hydrogen-bond donors (Lipinski definition) is 0. The van der Waals surface area contributed by atoms with Crippen molar-refractivity contribution in [2.24, 2.45) is 0 Å². The van der Waals surface area contributed by atoms with Gasteiger partial charge in [-0.3, -0.25) is 0 Å². The predicted molar refractivity (Wildman–Crippen MR) is 28.8 cm³/mol. The molecule has 0 spiro atoms. The van der Waals surface area contributed by atoms with Gasteiger partial charge in [0.15, 0.2) is 0 Å². The molecule has 0 aromatic rings. The highest BCUT2D eigenvalue weighted by atomic mass is 19.1. The third kappa shape index (κ3) is 3.82. The number of carboxylic acids is 1. The molecule has 0 aromatic heterocycles. The van der Waals surface area contributed by atoms with Crippen molar-refractivity contribution in [3.63, 3.8) is 0 Å². The molecular weight excluding hydrogens is 141 g/mol. The van der Waals surface area contributed by atoms with Gasteiger partial charge in [-0.1, -0.05) is 0 Å². The first kappa shape index (κ1) is 8.87. The third-order valence-electron chi connectivity index (χ3n) is 0.951. The second-order valence-electron chi connectivity index (χ2n) is 1.80. The van der Waals surface area contributed by atoms with Gasteiger partial charge in [0.25, 0.3) is 0 Å². The number of hydrogen-bond acceptors (Lipinski definition) is 3. The van der Waals surface area contributed by atoms with Crippen LogP contribution < -0.4 is 5.11 Å². The van der Waals surface area contributed by atoms with Gasteiger partial charge < -0.3 is 14.8 Å². The highest BCUT2D eigenvalue weighted by Crippen LogP contribution is 1.89. The number of carbonyl (C=O) groups is 2. The van der Waals surface area contributed by atoms with Crippen LogP contribution in [0.2, 0.25) is 0 Å².